The minimum Gasteiger partial charge on any atom is -0.384 e. The predicted octanol–water partition coefficient (Wildman–Crippen LogP) is 4.15. The Bertz CT molecular complexity index is 544. The minimum atomic E-state index is 1.03. The van der Waals surface area contributed by atoms with Crippen LogP contribution >= 0.6 is 0 Å². The van der Waals surface area contributed by atoms with E-state index in [-0.39, 0.29) is 0 Å². The van der Waals surface area contributed by atoms with E-state index in [9.17, 15) is 0 Å². The second-order valence-corrected chi connectivity index (χ2v) is 5.34. The molecule has 0 unspecified atom stereocenters. The second kappa shape index (κ2) is 4.97. The summed E-state index contributed by atoms with van der Waals surface area (Å²) in [6.07, 6.45) is 5.57. The van der Waals surface area contributed by atoms with Crippen molar-refractivity contribution in [3.8, 4) is 0 Å². The highest BCUT2D eigenvalue weighted by atomic mass is 14.9. The lowest BCUT2D eigenvalue weighted by atomic mass is 10.1. The second-order valence-electron chi connectivity index (χ2n) is 5.34. The first-order valence-electron chi connectivity index (χ1n) is 6.93. The van der Waals surface area contributed by atoms with Gasteiger partial charge in [-0.2, -0.15) is 0 Å². The third-order valence-corrected chi connectivity index (χ3v) is 3.65. The molecule has 2 heteroatoms. The number of anilines is 1. The molecule has 1 aromatic heterocycles. The number of aromatic nitrogens is 1. The molecule has 94 valence electrons. The number of hydrogen-bond donors (Lipinski definition) is 1. The van der Waals surface area contributed by atoms with Crippen molar-refractivity contribution >= 4 is 16.6 Å². The lowest BCUT2D eigenvalue weighted by molar-refractivity contribution is 0.687. The lowest BCUT2D eigenvalue weighted by Crippen LogP contribution is -2.03. The molecule has 3 rings (SSSR count). The Kier molecular flexibility index (Phi) is 3.18. The van der Waals surface area contributed by atoms with E-state index in [1.807, 2.05) is 6.07 Å². The Labute approximate surface area is 108 Å². The van der Waals surface area contributed by atoms with Crippen LogP contribution in [0.15, 0.2) is 30.3 Å². The van der Waals surface area contributed by atoms with Gasteiger partial charge in [0, 0.05) is 23.3 Å². The van der Waals surface area contributed by atoms with Crippen LogP contribution in [-0.4, -0.2) is 11.5 Å². The van der Waals surface area contributed by atoms with E-state index in [1.54, 1.807) is 0 Å². The molecule has 0 radical (unpaired) electrons. The smallest absolute Gasteiger partial charge is 0.0725 e. The first-order chi connectivity index (χ1) is 8.83. The summed E-state index contributed by atoms with van der Waals surface area (Å²) in [6, 6.07) is 10.5. The fraction of sp³-hybridized carbons (Fsp3) is 0.438. The van der Waals surface area contributed by atoms with Crippen LogP contribution in [0.3, 0.4) is 0 Å². The summed E-state index contributed by atoms with van der Waals surface area (Å²) in [4.78, 5) is 4.56. The van der Waals surface area contributed by atoms with Gasteiger partial charge in [0.15, 0.2) is 0 Å². The normalized spacial score (nSPS) is 14.9. The van der Waals surface area contributed by atoms with Crippen LogP contribution in [0.4, 0.5) is 5.69 Å². The molecule has 1 heterocycles. The Morgan fingerprint density at radius 2 is 2.11 bits per heavy atom. The molecule has 1 aliphatic rings. The van der Waals surface area contributed by atoms with Gasteiger partial charge in [0.2, 0.25) is 0 Å². The fourth-order valence-corrected chi connectivity index (χ4v) is 2.47. The van der Waals surface area contributed by atoms with Gasteiger partial charge in [-0.05, 0) is 37.8 Å². The number of pyridine rings is 1. The van der Waals surface area contributed by atoms with Gasteiger partial charge in [0.25, 0.3) is 0 Å². The molecule has 0 aliphatic heterocycles. The molecule has 0 amide bonds. The Hall–Kier alpha value is -1.57. The van der Waals surface area contributed by atoms with Crippen LogP contribution in [0.25, 0.3) is 10.9 Å². The number of nitrogens with zero attached hydrogens (tertiary/aromatic N) is 1. The summed E-state index contributed by atoms with van der Waals surface area (Å²) in [5.41, 5.74) is 3.40. The van der Waals surface area contributed by atoms with Crippen LogP contribution in [0.2, 0.25) is 0 Å². The molecule has 2 aromatic rings. The zero-order chi connectivity index (χ0) is 12.4. The van der Waals surface area contributed by atoms with Gasteiger partial charge in [-0.25, -0.2) is 0 Å². The van der Waals surface area contributed by atoms with Crippen LogP contribution < -0.4 is 5.32 Å². The van der Waals surface area contributed by atoms with Crippen LogP contribution in [0, 0.1) is 12.8 Å². The topological polar surface area (TPSA) is 24.9 Å². The van der Waals surface area contributed by atoms with Gasteiger partial charge in [0.05, 0.1) is 5.52 Å². The van der Waals surface area contributed by atoms with Crippen molar-refractivity contribution in [2.75, 3.05) is 11.9 Å². The summed E-state index contributed by atoms with van der Waals surface area (Å²) in [5, 5.41) is 4.80. The van der Waals surface area contributed by atoms with Gasteiger partial charge in [-0.15, -0.1) is 0 Å². The first kappa shape index (κ1) is 11.5. The summed E-state index contributed by atoms with van der Waals surface area (Å²) in [6.45, 7) is 3.13. The summed E-state index contributed by atoms with van der Waals surface area (Å²) < 4.78 is 0. The molecule has 0 saturated heterocycles. The maximum absolute atomic E-state index is 4.56. The average Bonchev–Trinajstić information content (AvgIpc) is 3.18. The molecule has 0 bridgehead atoms. The average molecular weight is 240 g/mol. The van der Waals surface area contributed by atoms with E-state index in [2.05, 4.69) is 41.5 Å². The number of benzene rings is 1. The van der Waals surface area contributed by atoms with Crippen molar-refractivity contribution in [1.29, 1.82) is 0 Å². The molecule has 0 spiro atoms. The van der Waals surface area contributed by atoms with Gasteiger partial charge < -0.3 is 5.32 Å². The molecule has 1 aliphatic carbocycles. The first-order valence-corrected chi connectivity index (χ1v) is 6.93. The van der Waals surface area contributed by atoms with E-state index in [0.717, 1.165) is 23.7 Å². The molecule has 1 aromatic carbocycles. The van der Waals surface area contributed by atoms with Crippen LogP contribution in [0.5, 0.6) is 0 Å². The Morgan fingerprint density at radius 1 is 1.28 bits per heavy atom. The number of fused-ring (bicyclic) bond motifs is 1. The number of hydrogen-bond acceptors (Lipinski definition) is 2. The van der Waals surface area contributed by atoms with E-state index in [1.165, 1.54) is 36.8 Å². The molecule has 1 saturated carbocycles. The molecule has 18 heavy (non-hydrogen) atoms. The molecular formula is C16H20N2. The molecule has 0 atom stereocenters. The van der Waals surface area contributed by atoms with Gasteiger partial charge in [0.1, 0.15) is 0 Å². The van der Waals surface area contributed by atoms with Crippen molar-refractivity contribution in [2.45, 2.75) is 32.6 Å². The zero-order valence-corrected chi connectivity index (χ0v) is 10.9. The largest absolute Gasteiger partial charge is 0.384 e. The molecule has 2 nitrogen and oxygen atoms in total. The fourth-order valence-electron chi connectivity index (χ4n) is 2.47. The third-order valence-electron chi connectivity index (χ3n) is 3.65. The van der Waals surface area contributed by atoms with Crippen molar-refractivity contribution in [3.63, 3.8) is 0 Å². The zero-order valence-electron chi connectivity index (χ0n) is 10.9. The summed E-state index contributed by atoms with van der Waals surface area (Å²) >= 11 is 0. The van der Waals surface area contributed by atoms with Crippen molar-refractivity contribution in [1.82, 2.24) is 4.98 Å². The maximum Gasteiger partial charge on any atom is 0.0725 e. The lowest BCUT2D eigenvalue weighted by Gasteiger charge is -2.10. The monoisotopic (exact) mass is 240 g/mol. The maximum atomic E-state index is 4.56. The van der Waals surface area contributed by atoms with Crippen molar-refractivity contribution in [3.05, 3.63) is 36.0 Å². The van der Waals surface area contributed by atoms with E-state index in [0.29, 0.717) is 0 Å². The highest BCUT2D eigenvalue weighted by Gasteiger charge is 2.19. The van der Waals surface area contributed by atoms with E-state index >= 15 is 0 Å². The number of rotatable bonds is 5. The minimum absolute atomic E-state index is 1.03. The number of para-hydroxylation sites is 1. The Balaban J connectivity index is 1.72. The highest BCUT2D eigenvalue weighted by molar-refractivity contribution is 5.91. The van der Waals surface area contributed by atoms with Crippen molar-refractivity contribution in [2.24, 2.45) is 5.92 Å². The summed E-state index contributed by atoms with van der Waals surface area (Å²) in [5.74, 6) is 1.03. The third kappa shape index (κ3) is 2.63. The van der Waals surface area contributed by atoms with E-state index in [4.69, 9.17) is 0 Å². The molecule has 1 fully saturated rings. The predicted molar refractivity (Wildman–Crippen MR) is 76.9 cm³/mol. The highest BCUT2D eigenvalue weighted by Crippen LogP contribution is 2.33. The molecule has 1 N–H and O–H groups in total. The quantitative estimate of drug-likeness (QED) is 0.794. The Morgan fingerprint density at radius 3 is 2.94 bits per heavy atom. The van der Waals surface area contributed by atoms with Gasteiger partial charge in [-0.3, -0.25) is 4.98 Å². The summed E-state index contributed by atoms with van der Waals surface area (Å²) in [7, 11) is 0. The van der Waals surface area contributed by atoms with Crippen LogP contribution in [-0.2, 0) is 0 Å². The molecular weight excluding hydrogens is 220 g/mol. The van der Waals surface area contributed by atoms with Gasteiger partial charge >= 0.3 is 0 Å². The van der Waals surface area contributed by atoms with E-state index < -0.39 is 0 Å². The standard InChI is InChI=1S/C16H20N2/c1-12-11-16(17-10-4-5-13-8-9-13)14-6-2-3-7-15(14)18-12/h2-3,6-7,11,13H,4-5,8-10H2,1H3,(H,17,18). The van der Waals surface area contributed by atoms with Gasteiger partial charge in [-0.1, -0.05) is 31.0 Å². The number of aryl methyl sites for hydroxylation is 1. The van der Waals surface area contributed by atoms with Crippen molar-refractivity contribution < 1.29 is 0 Å². The number of nitrogens with one attached hydrogen (secondary N) is 1. The SMILES string of the molecule is Cc1cc(NCCCC2CC2)c2ccccc2n1. The van der Waals surface area contributed by atoms with Crippen LogP contribution in [0.1, 0.15) is 31.4 Å².